The lowest BCUT2D eigenvalue weighted by molar-refractivity contribution is 0.0681. The van der Waals surface area contributed by atoms with Gasteiger partial charge in [-0.25, -0.2) is 4.79 Å². The molecule has 2 aliphatic rings. The third-order valence-electron chi connectivity index (χ3n) is 5.90. The topological polar surface area (TPSA) is 93.3 Å². The van der Waals surface area contributed by atoms with Gasteiger partial charge in [-0.2, -0.15) is 10.2 Å². The first-order valence-electron chi connectivity index (χ1n) is 9.66. The number of rotatable bonds is 4. The Kier molecular flexibility index (Phi) is 4.72. The summed E-state index contributed by atoms with van der Waals surface area (Å²) in [6, 6.07) is 2.38. The Bertz CT molecular complexity index is 841. The summed E-state index contributed by atoms with van der Waals surface area (Å²) >= 11 is 0. The third kappa shape index (κ3) is 3.36. The third-order valence-corrected chi connectivity index (χ3v) is 5.90. The van der Waals surface area contributed by atoms with Crippen LogP contribution >= 0.6 is 0 Å². The van der Waals surface area contributed by atoms with Gasteiger partial charge in [-0.15, -0.1) is 0 Å². The van der Waals surface area contributed by atoms with Crippen LogP contribution in [-0.4, -0.2) is 54.5 Å². The minimum atomic E-state index is -0.954. The fraction of sp³-hybridized carbons (Fsp3) is 0.579. The number of hydrogen-bond acceptors (Lipinski definition) is 4. The van der Waals surface area contributed by atoms with E-state index in [0.29, 0.717) is 30.5 Å². The van der Waals surface area contributed by atoms with Crippen molar-refractivity contribution < 1.29 is 14.7 Å². The fourth-order valence-electron chi connectivity index (χ4n) is 4.30. The molecule has 0 bridgehead atoms. The summed E-state index contributed by atoms with van der Waals surface area (Å²) in [4.78, 5) is 25.8. The van der Waals surface area contributed by atoms with Crippen LogP contribution < -0.4 is 0 Å². The first kappa shape index (κ1) is 17.8. The molecule has 1 saturated carbocycles. The largest absolute Gasteiger partial charge is 0.478 e. The van der Waals surface area contributed by atoms with Gasteiger partial charge in [0, 0.05) is 19.3 Å². The summed E-state index contributed by atoms with van der Waals surface area (Å²) in [5.41, 5.74) is 1.43. The van der Waals surface area contributed by atoms with E-state index in [1.807, 2.05) is 21.8 Å². The van der Waals surface area contributed by atoms with Crippen molar-refractivity contribution in [3.05, 3.63) is 35.4 Å². The van der Waals surface area contributed by atoms with Crippen molar-refractivity contribution in [1.82, 2.24) is 24.5 Å². The van der Waals surface area contributed by atoms with Gasteiger partial charge in [-0.1, -0.05) is 12.8 Å². The molecule has 1 aliphatic heterocycles. The number of nitrogens with zero attached hydrogens (tertiary/aromatic N) is 5. The Morgan fingerprint density at radius 1 is 1.11 bits per heavy atom. The molecule has 1 amide bonds. The second-order valence-corrected chi connectivity index (χ2v) is 7.54. The van der Waals surface area contributed by atoms with Crippen molar-refractivity contribution in [2.24, 2.45) is 0 Å². The van der Waals surface area contributed by atoms with Crippen molar-refractivity contribution in [3.8, 4) is 0 Å². The smallest absolute Gasteiger partial charge is 0.339 e. The lowest BCUT2D eigenvalue weighted by atomic mass is 10.0. The molecule has 1 aliphatic carbocycles. The molecular weight excluding hydrogens is 346 g/mol. The zero-order valence-electron chi connectivity index (χ0n) is 15.5. The van der Waals surface area contributed by atoms with Crippen molar-refractivity contribution in [1.29, 1.82) is 0 Å². The van der Waals surface area contributed by atoms with Crippen molar-refractivity contribution >= 4 is 11.9 Å². The highest BCUT2D eigenvalue weighted by molar-refractivity contribution is 5.92. The van der Waals surface area contributed by atoms with Gasteiger partial charge in [0.25, 0.3) is 5.91 Å². The zero-order chi connectivity index (χ0) is 19.0. The molecule has 27 heavy (non-hydrogen) atoms. The quantitative estimate of drug-likeness (QED) is 0.892. The van der Waals surface area contributed by atoms with Gasteiger partial charge in [-0.3, -0.25) is 14.2 Å². The van der Waals surface area contributed by atoms with Crippen molar-refractivity contribution in [2.75, 3.05) is 13.1 Å². The molecule has 4 rings (SSSR count). The van der Waals surface area contributed by atoms with Crippen LogP contribution in [0, 0.1) is 6.92 Å². The summed E-state index contributed by atoms with van der Waals surface area (Å²) in [5, 5.41) is 18.0. The fourth-order valence-corrected chi connectivity index (χ4v) is 4.30. The standard InChI is InChI=1S/C19H25N5O3/c1-13-16(19(26)27)12-20-24(13)15-6-9-22(10-7-15)18(25)17-8-11-23(21-17)14-4-2-3-5-14/h8,11-12,14-15H,2-7,9-10H2,1H3,(H,26,27). The van der Waals surface area contributed by atoms with Gasteiger partial charge in [0.05, 0.1) is 24.0 Å². The summed E-state index contributed by atoms with van der Waals surface area (Å²) in [6.45, 7) is 3.03. The van der Waals surface area contributed by atoms with E-state index in [4.69, 9.17) is 0 Å². The minimum absolute atomic E-state index is 0.0198. The molecule has 0 radical (unpaired) electrons. The number of carbonyl (C=O) groups excluding carboxylic acids is 1. The number of aromatic carboxylic acids is 1. The highest BCUT2D eigenvalue weighted by atomic mass is 16.4. The Labute approximate surface area is 157 Å². The number of likely N-dealkylation sites (tertiary alicyclic amines) is 1. The SMILES string of the molecule is Cc1c(C(=O)O)cnn1C1CCN(C(=O)c2ccn(C3CCCC3)n2)CC1. The molecule has 0 unspecified atom stereocenters. The van der Waals surface area contributed by atoms with Gasteiger partial charge >= 0.3 is 5.97 Å². The molecule has 8 nitrogen and oxygen atoms in total. The molecule has 0 atom stereocenters. The molecule has 0 aromatic carbocycles. The predicted octanol–water partition coefficient (Wildman–Crippen LogP) is 2.68. The van der Waals surface area contributed by atoms with Crippen LogP contribution in [0.3, 0.4) is 0 Å². The van der Waals surface area contributed by atoms with Crippen LogP contribution in [0.15, 0.2) is 18.5 Å². The van der Waals surface area contributed by atoms with E-state index in [9.17, 15) is 14.7 Å². The van der Waals surface area contributed by atoms with E-state index < -0.39 is 5.97 Å². The maximum absolute atomic E-state index is 12.8. The lowest BCUT2D eigenvalue weighted by Crippen LogP contribution is -2.39. The summed E-state index contributed by atoms with van der Waals surface area (Å²) in [7, 11) is 0. The predicted molar refractivity (Wildman–Crippen MR) is 97.8 cm³/mol. The Balaban J connectivity index is 1.39. The average Bonchev–Trinajstić information content (AvgIpc) is 3.41. The van der Waals surface area contributed by atoms with E-state index in [-0.39, 0.29) is 17.5 Å². The maximum atomic E-state index is 12.8. The first-order valence-corrected chi connectivity index (χ1v) is 9.66. The molecule has 3 heterocycles. The van der Waals surface area contributed by atoms with Crippen LogP contribution in [0.5, 0.6) is 0 Å². The molecule has 8 heteroatoms. The molecule has 0 spiro atoms. The van der Waals surface area contributed by atoms with Gasteiger partial charge in [0.15, 0.2) is 0 Å². The lowest BCUT2D eigenvalue weighted by Gasteiger charge is -2.32. The minimum Gasteiger partial charge on any atom is -0.478 e. The molecule has 2 aromatic heterocycles. The summed E-state index contributed by atoms with van der Waals surface area (Å²) < 4.78 is 3.74. The number of carboxylic acid groups (broad SMARTS) is 1. The molecule has 1 N–H and O–H groups in total. The number of amides is 1. The summed E-state index contributed by atoms with van der Waals surface area (Å²) in [5.74, 6) is -0.974. The van der Waals surface area contributed by atoms with E-state index in [1.54, 1.807) is 11.6 Å². The van der Waals surface area contributed by atoms with Gasteiger partial charge in [-0.05, 0) is 38.7 Å². The second kappa shape index (κ2) is 7.17. The first-order chi connectivity index (χ1) is 13.0. The van der Waals surface area contributed by atoms with Crippen LogP contribution in [0.1, 0.15) is 77.1 Å². The number of carbonyl (C=O) groups is 2. The average molecular weight is 371 g/mol. The maximum Gasteiger partial charge on any atom is 0.339 e. The molecular formula is C19H25N5O3. The number of hydrogen-bond donors (Lipinski definition) is 1. The Morgan fingerprint density at radius 3 is 2.44 bits per heavy atom. The van der Waals surface area contributed by atoms with Crippen LogP contribution in [0.2, 0.25) is 0 Å². The highest BCUT2D eigenvalue weighted by Gasteiger charge is 2.28. The highest BCUT2D eigenvalue weighted by Crippen LogP contribution is 2.29. The zero-order valence-corrected chi connectivity index (χ0v) is 15.5. The van der Waals surface area contributed by atoms with Crippen LogP contribution in [-0.2, 0) is 0 Å². The van der Waals surface area contributed by atoms with E-state index >= 15 is 0 Å². The Hall–Kier alpha value is -2.64. The normalized spacial score (nSPS) is 18.9. The van der Waals surface area contributed by atoms with Crippen LogP contribution in [0.25, 0.3) is 0 Å². The van der Waals surface area contributed by atoms with E-state index in [2.05, 4.69) is 10.2 Å². The molecule has 2 aromatic rings. The second-order valence-electron chi connectivity index (χ2n) is 7.54. The molecule has 144 valence electrons. The van der Waals surface area contributed by atoms with Crippen molar-refractivity contribution in [2.45, 2.75) is 57.5 Å². The van der Waals surface area contributed by atoms with E-state index in [0.717, 1.165) is 25.7 Å². The molecule has 2 fully saturated rings. The summed E-state index contributed by atoms with van der Waals surface area (Å²) in [6.07, 6.45) is 9.61. The van der Waals surface area contributed by atoms with Gasteiger partial charge in [0.2, 0.25) is 0 Å². The number of carboxylic acids is 1. The monoisotopic (exact) mass is 371 g/mol. The number of aromatic nitrogens is 4. The van der Waals surface area contributed by atoms with E-state index in [1.165, 1.54) is 19.0 Å². The van der Waals surface area contributed by atoms with Gasteiger partial charge < -0.3 is 10.0 Å². The van der Waals surface area contributed by atoms with Crippen LogP contribution in [0.4, 0.5) is 0 Å². The Morgan fingerprint density at radius 2 is 1.81 bits per heavy atom. The number of piperidine rings is 1. The van der Waals surface area contributed by atoms with Gasteiger partial charge in [0.1, 0.15) is 11.3 Å². The molecule has 1 saturated heterocycles. The van der Waals surface area contributed by atoms with Crippen molar-refractivity contribution in [3.63, 3.8) is 0 Å².